The number of nitrogens with one attached hydrogen (secondary N) is 1. The van der Waals surface area contributed by atoms with Gasteiger partial charge in [0.25, 0.3) is 0 Å². The zero-order chi connectivity index (χ0) is 18.2. The number of carboxylic acids is 1. The maximum absolute atomic E-state index is 10.4. The minimum absolute atomic E-state index is 0.0708. The highest BCUT2D eigenvalue weighted by molar-refractivity contribution is 5.67. The zero-order valence-corrected chi connectivity index (χ0v) is 14.8. The molecular weight excluding hydrogens is 322 g/mol. The minimum Gasteiger partial charge on any atom is -0.479 e. The van der Waals surface area contributed by atoms with E-state index in [-0.39, 0.29) is 11.8 Å². The van der Waals surface area contributed by atoms with Gasteiger partial charge in [-0.1, -0.05) is 44.4 Å². The third kappa shape index (κ3) is 5.74. The maximum atomic E-state index is 10.4. The Bertz CT molecular complexity index is 548. The molecule has 0 radical (unpaired) electrons. The Kier molecular flexibility index (Phi) is 7.76. The molecular formula is C19H29NO5. The number of unbranched alkanes of at least 4 members (excludes halogenated alkanes) is 4. The molecule has 1 saturated carbocycles. The lowest BCUT2D eigenvalue weighted by molar-refractivity contribution is -0.144. The van der Waals surface area contributed by atoms with Gasteiger partial charge >= 0.3 is 5.97 Å². The van der Waals surface area contributed by atoms with Crippen LogP contribution in [0.25, 0.3) is 0 Å². The van der Waals surface area contributed by atoms with Crippen LogP contribution in [0.5, 0.6) is 0 Å². The normalized spacial score (nSPS) is 25.6. The smallest absolute Gasteiger partial charge is 0.332 e. The molecule has 2 rings (SSSR count). The second-order valence-corrected chi connectivity index (χ2v) is 6.91. The molecule has 1 fully saturated rings. The van der Waals surface area contributed by atoms with Crippen molar-refractivity contribution in [2.75, 3.05) is 6.61 Å². The van der Waals surface area contributed by atoms with Crippen LogP contribution in [-0.2, 0) is 9.63 Å². The van der Waals surface area contributed by atoms with Crippen LogP contribution in [0.3, 0.4) is 0 Å². The summed E-state index contributed by atoms with van der Waals surface area (Å²) in [6.07, 6.45) is 6.56. The van der Waals surface area contributed by atoms with Crippen molar-refractivity contribution < 1.29 is 25.0 Å². The van der Waals surface area contributed by atoms with Crippen LogP contribution in [-0.4, -0.2) is 40.1 Å². The number of rotatable bonds is 10. The van der Waals surface area contributed by atoms with E-state index >= 15 is 0 Å². The summed E-state index contributed by atoms with van der Waals surface area (Å²) in [5.74, 6) is 4.78. The van der Waals surface area contributed by atoms with Crippen LogP contribution in [0.1, 0.15) is 58.3 Å². The van der Waals surface area contributed by atoms with E-state index in [9.17, 15) is 15.0 Å². The van der Waals surface area contributed by atoms with Gasteiger partial charge < -0.3 is 15.3 Å². The van der Waals surface area contributed by atoms with Gasteiger partial charge in [0, 0.05) is 11.6 Å². The van der Waals surface area contributed by atoms with Gasteiger partial charge in [-0.15, -0.1) is 0 Å². The van der Waals surface area contributed by atoms with E-state index in [4.69, 9.17) is 9.94 Å². The summed E-state index contributed by atoms with van der Waals surface area (Å²) in [7, 11) is 0. The Hall–Kier alpha value is -1.55. The Balaban J connectivity index is 1.75. The molecule has 2 aliphatic carbocycles. The van der Waals surface area contributed by atoms with Crippen molar-refractivity contribution in [2.24, 2.45) is 11.8 Å². The van der Waals surface area contributed by atoms with Crippen molar-refractivity contribution in [3.63, 3.8) is 0 Å². The second-order valence-electron chi connectivity index (χ2n) is 6.91. The summed E-state index contributed by atoms with van der Waals surface area (Å²) in [5.41, 5.74) is 4.58. The molecule has 6 nitrogen and oxygen atoms in total. The van der Waals surface area contributed by atoms with E-state index in [1.807, 2.05) is 0 Å². The molecule has 0 bridgehead atoms. The summed E-state index contributed by atoms with van der Waals surface area (Å²) in [6, 6.07) is 0. The highest BCUT2D eigenvalue weighted by Gasteiger charge is 2.45. The van der Waals surface area contributed by atoms with Gasteiger partial charge in [-0.2, -0.15) is 0 Å². The Labute approximate surface area is 149 Å². The number of carboxylic acid groups (broad SMARTS) is 1. The van der Waals surface area contributed by atoms with Gasteiger partial charge in [-0.05, 0) is 31.3 Å². The maximum Gasteiger partial charge on any atom is 0.332 e. The second kappa shape index (κ2) is 9.81. The van der Waals surface area contributed by atoms with Gasteiger partial charge in [0.1, 0.15) is 6.10 Å². The van der Waals surface area contributed by atoms with Crippen molar-refractivity contribution in [3.05, 3.63) is 11.3 Å². The minimum atomic E-state index is -1.03. The first-order chi connectivity index (χ1) is 12.0. The Morgan fingerprint density at radius 3 is 2.80 bits per heavy atom. The molecule has 0 aliphatic heterocycles. The van der Waals surface area contributed by atoms with Crippen molar-refractivity contribution in [1.29, 1.82) is 0 Å². The van der Waals surface area contributed by atoms with Crippen molar-refractivity contribution in [3.8, 4) is 11.8 Å². The third-order valence-electron chi connectivity index (χ3n) is 4.93. The Morgan fingerprint density at radius 2 is 2.08 bits per heavy atom. The average Bonchev–Trinajstić information content (AvgIpc) is 2.80. The fraction of sp³-hybridized carbons (Fsp3) is 0.737. The molecule has 0 saturated heterocycles. The fourth-order valence-corrected chi connectivity index (χ4v) is 3.45. The first-order valence-electron chi connectivity index (χ1n) is 9.21. The van der Waals surface area contributed by atoms with Crippen LogP contribution >= 0.6 is 0 Å². The van der Waals surface area contributed by atoms with E-state index in [0.717, 1.165) is 24.1 Å². The first kappa shape index (κ1) is 19.8. The monoisotopic (exact) mass is 351 g/mol. The number of carbonyl (C=O) groups is 1. The zero-order valence-electron chi connectivity index (χ0n) is 14.8. The molecule has 140 valence electrons. The number of aliphatic hydroxyl groups is 2. The van der Waals surface area contributed by atoms with Crippen molar-refractivity contribution >= 4 is 5.97 Å². The summed E-state index contributed by atoms with van der Waals surface area (Å²) >= 11 is 0. The van der Waals surface area contributed by atoms with E-state index < -0.39 is 24.8 Å². The number of hydrogen-bond acceptors (Lipinski definition) is 5. The largest absolute Gasteiger partial charge is 0.479 e. The van der Waals surface area contributed by atoms with Gasteiger partial charge in [-0.25, -0.2) is 4.79 Å². The van der Waals surface area contributed by atoms with E-state index in [1.54, 1.807) is 0 Å². The summed E-state index contributed by atoms with van der Waals surface area (Å²) in [6.45, 7) is 1.77. The van der Waals surface area contributed by atoms with Crippen LogP contribution in [0.15, 0.2) is 11.3 Å². The van der Waals surface area contributed by atoms with Gasteiger partial charge in [0.05, 0.1) is 12.0 Å². The molecule has 0 heterocycles. The molecule has 25 heavy (non-hydrogen) atoms. The molecule has 4 atom stereocenters. The number of hydrogen-bond donors (Lipinski definition) is 4. The van der Waals surface area contributed by atoms with Crippen LogP contribution in [0.2, 0.25) is 0 Å². The Morgan fingerprint density at radius 1 is 1.32 bits per heavy atom. The van der Waals surface area contributed by atoms with Crippen molar-refractivity contribution in [2.45, 2.75) is 70.5 Å². The van der Waals surface area contributed by atoms with E-state index in [0.29, 0.717) is 19.3 Å². The van der Waals surface area contributed by atoms with Gasteiger partial charge in [0.15, 0.2) is 6.61 Å². The topological polar surface area (TPSA) is 99.0 Å². The first-order valence-corrected chi connectivity index (χ1v) is 9.21. The lowest BCUT2D eigenvalue weighted by Crippen LogP contribution is -2.32. The van der Waals surface area contributed by atoms with Crippen LogP contribution in [0, 0.1) is 23.7 Å². The lowest BCUT2D eigenvalue weighted by Gasteiger charge is -2.30. The number of aliphatic hydroxyl groups excluding tert-OH is 2. The van der Waals surface area contributed by atoms with E-state index in [2.05, 4.69) is 24.2 Å². The summed E-state index contributed by atoms with van der Waals surface area (Å²) in [5, 5.41) is 28.8. The number of allylic oxidation sites excluding steroid dienone is 1. The molecule has 2 aliphatic rings. The molecule has 0 amide bonds. The predicted molar refractivity (Wildman–Crippen MR) is 93.1 cm³/mol. The number of hydroxylamine groups is 1. The lowest BCUT2D eigenvalue weighted by atomic mass is 9.83. The summed E-state index contributed by atoms with van der Waals surface area (Å²) in [4.78, 5) is 15.3. The van der Waals surface area contributed by atoms with Crippen LogP contribution in [0.4, 0.5) is 0 Å². The van der Waals surface area contributed by atoms with Crippen LogP contribution < -0.4 is 5.48 Å². The standard InChI is InChI=1S/C19H29NO5/c1-2-3-4-5-6-7-14(21)9-8-13-10-15-16(19(13)24)11-17(15)20-25-12-18(22)23/h13-14,16,19-21,24H,2-7,10-12H2,1H3,(H,22,23). The highest BCUT2D eigenvalue weighted by atomic mass is 16.7. The summed E-state index contributed by atoms with van der Waals surface area (Å²) < 4.78 is 0. The molecule has 4 unspecified atom stereocenters. The van der Waals surface area contributed by atoms with Gasteiger partial charge in [0.2, 0.25) is 0 Å². The number of aliphatic carboxylic acids is 1. The average molecular weight is 351 g/mol. The molecule has 0 aromatic rings. The highest BCUT2D eigenvalue weighted by Crippen LogP contribution is 2.48. The number of fused-ring (bicyclic) bond motifs is 1. The van der Waals surface area contributed by atoms with Crippen molar-refractivity contribution in [1.82, 2.24) is 5.48 Å². The molecule has 0 aromatic heterocycles. The quantitative estimate of drug-likeness (QED) is 0.273. The molecule has 0 aromatic carbocycles. The predicted octanol–water partition coefficient (Wildman–Crippen LogP) is 1.97. The van der Waals surface area contributed by atoms with E-state index in [1.165, 1.54) is 19.3 Å². The molecule has 0 spiro atoms. The SMILES string of the molecule is CCCCCCCC(O)C#CC1CC2=C(NOCC(=O)O)CC2C1O. The fourth-order valence-electron chi connectivity index (χ4n) is 3.45. The third-order valence-corrected chi connectivity index (χ3v) is 4.93. The molecule has 4 N–H and O–H groups in total. The molecule has 6 heteroatoms. The van der Waals surface area contributed by atoms with Gasteiger partial charge in [-0.3, -0.25) is 10.3 Å².